The third-order valence-corrected chi connectivity index (χ3v) is 3.51. The standard InChI is InChI=1S/C13H6Cl3F3N2O3/c14-12(15,16)11(22)9-2-1-5-20(9)8-4-3-7(13(17,18)19)6-10(8)21(23)24/h1-6H. The molecule has 2 aromatic rings. The number of nitro groups is 1. The maximum Gasteiger partial charge on any atom is 0.416 e. The number of carbonyl (C=O) groups excluding carboxylic acids is 1. The van der Waals surface area contributed by atoms with Gasteiger partial charge in [0, 0.05) is 12.3 Å². The molecule has 24 heavy (non-hydrogen) atoms. The minimum atomic E-state index is -4.75. The van der Waals surface area contributed by atoms with E-state index >= 15 is 0 Å². The van der Waals surface area contributed by atoms with Crippen molar-refractivity contribution in [3.8, 4) is 5.69 Å². The number of nitrogens with zero attached hydrogens (tertiary/aromatic N) is 2. The summed E-state index contributed by atoms with van der Waals surface area (Å²) in [5.74, 6) is -0.980. The molecule has 0 saturated heterocycles. The fourth-order valence-corrected chi connectivity index (χ4v) is 2.26. The van der Waals surface area contributed by atoms with Crippen LogP contribution in [0, 0.1) is 10.1 Å². The van der Waals surface area contributed by atoms with E-state index in [1.165, 1.54) is 18.3 Å². The van der Waals surface area contributed by atoms with E-state index in [0.29, 0.717) is 12.1 Å². The highest BCUT2D eigenvalue weighted by Gasteiger charge is 2.36. The third-order valence-electron chi connectivity index (χ3n) is 3.00. The molecule has 1 aromatic carbocycles. The smallest absolute Gasteiger partial charge is 0.308 e. The summed E-state index contributed by atoms with van der Waals surface area (Å²) in [5.41, 5.74) is -2.53. The predicted octanol–water partition coefficient (Wildman–Crippen LogP) is 4.96. The summed E-state index contributed by atoms with van der Waals surface area (Å²) in [6.45, 7) is 0. The molecular formula is C13H6Cl3F3N2O3. The Morgan fingerprint density at radius 1 is 1.17 bits per heavy atom. The number of hydrogen-bond donors (Lipinski definition) is 0. The molecule has 0 spiro atoms. The minimum Gasteiger partial charge on any atom is -0.308 e. The van der Waals surface area contributed by atoms with Crippen LogP contribution in [0.4, 0.5) is 18.9 Å². The van der Waals surface area contributed by atoms with Gasteiger partial charge in [0.15, 0.2) is 0 Å². The highest BCUT2D eigenvalue weighted by atomic mass is 35.6. The van der Waals surface area contributed by atoms with E-state index in [1.54, 1.807) is 0 Å². The summed E-state index contributed by atoms with van der Waals surface area (Å²) in [7, 11) is 0. The Labute approximate surface area is 147 Å². The highest BCUT2D eigenvalue weighted by molar-refractivity contribution is 6.77. The van der Waals surface area contributed by atoms with Crippen LogP contribution in [0.1, 0.15) is 16.1 Å². The van der Waals surface area contributed by atoms with Gasteiger partial charge in [-0.1, -0.05) is 34.8 Å². The summed E-state index contributed by atoms with van der Waals surface area (Å²) in [6, 6.07) is 4.47. The Morgan fingerprint density at radius 2 is 1.79 bits per heavy atom. The number of carbonyl (C=O) groups is 1. The van der Waals surface area contributed by atoms with Gasteiger partial charge in [0.05, 0.1) is 16.2 Å². The number of alkyl halides is 6. The zero-order valence-electron chi connectivity index (χ0n) is 11.4. The largest absolute Gasteiger partial charge is 0.416 e. The van der Waals surface area contributed by atoms with Crippen molar-refractivity contribution in [1.82, 2.24) is 4.57 Å². The average molecular weight is 402 g/mol. The second kappa shape index (κ2) is 6.27. The number of aromatic nitrogens is 1. The molecule has 0 atom stereocenters. The van der Waals surface area contributed by atoms with Gasteiger partial charge in [0.25, 0.3) is 9.48 Å². The number of nitro benzene ring substituents is 1. The topological polar surface area (TPSA) is 65.1 Å². The van der Waals surface area contributed by atoms with Gasteiger partial charge in [-0.3, -0.25) is 14.9 Å². The van der Waals surface area contributed by atoms with Gasteiger partial charge in [-0.25, -0.2) is 0 Å². The van der Waals surface area contributed by atoms with Crippen LogP contribution in [0.25, 0.3) is 5.69 Å². The fourth-order valence-electron chi connectivity index (χ4n) is 1.97. The molecule has 1 heterocycles. The number of benzene rings is 1. The maximum absolute atomic E-state index is 12.7. The van der Waals surface area contributed by atoms with Crippen LogP contribution in [-0.4, -0.2) is 19.1 Å². The molecule has 128 valence electrons. The second-order valence-electron chi connectivity index (χ2n) is 4.55. The Morgan fingerprint density at radius 3 is 2.29 bits per heavy atom. The summed E-state index contributed by atoms with van der Waals surface area (Å²) in [5, 5.41) is 11.1. The lowest BCUT2D eigenvalue weighted by Gasteiger charge is -2.14. The van der Waals surface area contributed by atoms with Crippen molar-refractivity contribution >= 4 is 46.3 Å². The van der Waals surface area contributed by atoms with Crippen LogP contribution >= 0.6 is 34.8 Å². The molecule has 0 aliphatic heterocycles. The van der Waals surface area contributed by atoms with Gasteiger partial charge in [-0.05, 0) is 24.3 Å². The number of halogens is 6. The molecule has 2 rings (SSSR count). The lowest BCUT2D eigenvalue weighted by molar-refractivity contribution is -0.384. The zero-order valence-corrected chi connectivity index (χ0v) is 13.6. The maximum atomic E-state index is 12.7. The van der Waals surface area contributed by atoms with Crippen molar-refractivity contribution in [2.75, 3.05) is 0 Å². The molecule has 5 nitrogen and oxygen atoms in total. The molecule has 0 saturated carbocycles. The first-order valence-electron chi connectivity index (χ1n) is 6.08. The minimum absolute atomic E-state index is 0.224. The first kappa shape index (κ1) is 18.6. The van der Waals surface area contributed by atoms with Gasteiger partial charge in [-0.2, -0.15) is 13.2 Å². The van der Waals surface area contributed by atoms with Crippen molar-refractivity contribution in [2.24, 2.45) is 0 Å². The molecule has 0 radical (unpaired) electrons. The molecule has 0 N–H and O–H groups in total. The first-order chi connectivity index (χ1) is 10.9. The second-order valence-corrected chi connectivity index (χ2v) is 6.83. The van der Waals surface area contributed by atoms with Crippen LogP contribution in [0.15, 0.2) is 36.5 Å². The molecule has 1 aromatic heterocycles. The zero-order chi connectivity index (χ0) is 18.3. The molecular weight excluding hydrogens is 396 g/mol. The van der Waals surface area contributed by atoms with Crippen LogP contribution in [0.2, 0.25) is 0 Å². The molecule has 0 amide bonds. The molecule has 0 aliphatic rings. The molecule has 11 heteroatoms. The molecule has 0 bridgehead atoms. The van der Waals surface area contributed by atoms with Crippen molar-refractivity contribution in [3.05, 3.63) is 57.9 Å². The highest BCUT2D eigenvalue weighted by Crippen LogP contribution is 2.36. The Balaban J connectivity index is 2.65. The summed E-state index contributed by atoms with van der Waals surface area (Å²) >= 11 is 16.5. The average Bonchev–Trinajstić information content (AvgIpc) is 2.92. The number of ketones is 1. The lowest BCUT2D eigenvalue weighted by Crippen LogP contribution is -2.22. The lowest BCUT2D eigenvalue weighted by atomic mass is 10.1. The van der Waals surface area contributed by atoms with E-state index in [9.17, 15) is 28.1 Å². The van der Waals surface area contributed by atoms with Crippen LogP contribution < -0.4 is 0 Å². The third kappa shape index (κ3) is 3.66. The number of hydrogen-bond acceptors (Lipinski definition) is 3. The van der Waals surface area contributed by atoms with Crippen molar-refractivity contribution in [2.45, 2.75) is 9.97 Å². The van der Waals surface area contributed by atoms with Gasteiger partial charge in [-0.15, -0.1) is 0 Å². The molecule has 0 fully saturated rings. The Hall–Kier alpha value is -1.77. The summed E-state index contributed by atoms with van der Waals surface area (Å²) < 4.78 is 36.9. The van der Waals surface area contributed by atoms with Crippen LogP contribution in [0.3, 0.4) is 0 Å². The van der Waals surface area contributed by atoms with Crippen molar-refractivity contribution in [1.29, 1.82) is 0 Å². The van der Waals surface area contributed by atoms with Crippen LogP contribution in [-0.2, 0) is 6.18 Å². The van der Waals surface area contributed by atoms with Crippen molar-refractivity contribution < 1.29 is 22.9 Å². The summed E-state index contributed by atoms with van der Waals surface area (Å²) in [4.78, 5) is 22.2. The normalized spacial score (nSPS) is 12.2. The molecule has 0 unspecified atom stereocenters. The van der Waals surface area contributed by atoms with E-state index in [-0.39, 0.29) is 11.4 Å². The summed E-state index contributed by atoms with van der Waals surface area (Å²) in [6.07, 6.45) is -3.52. The SMILES string of the molecule is O=C(c1cccn1-c1ccc(C(F)(F)F)cc1[N+](=O)[O-])C(Cl)(Cl)Cl. The molecule has 0 aliphatic carbocycles. The van der Waals surface area contributed by atoms with E-state index in [4.69, 9.17) is 34.8 Å². The fraction of sp³-hybridized carbons (Fsp3) is 0.154. The Bertz CT molecular complexity index is 813. The number of Topliss-reactive ketones (excluding diaryl/α,β-unsaturated/α-hetero) is 1. The van der Waals surface area contributed by atoms with Gasteiger partial charge in [0.2, 0.25) is 5.78 Å². The predicted molar refractivity (Wildman–Crippen MR) is 82.0 cm³/mol. The monoisotopic (exact) mass is 400 g/mol. The van der Waals surface area contributed by atoms with E-state index < -0.39 is 31.9 Å². The van der Waals surface area contributed by atoms with Crippen LogP contribution in [0.5, 0.6) is 0 Å². The van der Waals surface area contributed by atoms with Gasteiger partial charge < -0.3 is 4.57 Å². The van der Waals surface area contributed by atoms with Crippen molar-refractivity contribution in [3.63, 3.8) is 0 Å². The van der Waals surface area contributed by atoms with E-state index in [2.05, 4.69) is 0 Å². The van der Waals surface area contributed by atoms with Gasteiger partial charge >= 0.3 is 6.18 Å². The van der Waals surface area contributed by atoms with E-state index in [1.807, 2.05) is 0 Å². The number of rotatable bonds is 3. The Kier molecular flexibility index (Phi) is 4.85. The van der Waals surface area contributed by atoms with E-state index in [0.717, 1.165) is 10.6 Å². The first-order valence-corrected chi connectivity index (χ1v) is 7.21. The quantitative estimate of drug-likeness (QED) is 0.316. The van der Waals surface area contributed by atoms with Gasteiger partial charge in [0.1, 0.15) is 5.69 Å².